The van der Waals surface area contributed by atoms with E-state index in [-0.39, 0.29) is 11.5 Å². The number of rotatable bonds is 3. The number of aryl methyl sites for hydroxylation is 1. The number of nitrogens with zero attached hydrogens (tertiary/aromatic N) is 3. The number of carbonyl (C=O) groups is 1. The van der Waals surface area contributed by atoms with Gasteiger partial charge in [0.05, 0.1) is 14.5 Å². The molecule has 0 atom stereocenters. The SMILES string of the molecule is CCc1c(C(=O)c2cc(Br)c(O)c(Br)c2)c2cncnc2n1C. The van der Waals surface area contributed by atoms with Crippen molar-refractivity contribution in [1.29, 1.82) is 0 Å². The number of ketones is 1. The molecule has 7 heteroatoms. The van der Waals surface area contributed by atoms with Gasteiger partial charge < -0.3 is 9.67 Å². The zero-order chi connectivity index (χ0) is 16.7. The molecule has 2 aromatic heterocycles. The van der Waals surface area contributed by atoms with Crippen molar-refractivity contribution in [2.24, 2.45) is 7.05 Å². The number of aromatic nitrogens is 3. The summed E-state index contributed by atoms with van der Waals surface area (Å²) in [6.45, 7) is 2.00. The van der Waals surface area contributed by atoms with Crippen LogP contribution in [-0.2, 0) is 13.5 Å². The van der Waals surface area contributed by atoms with E-state index in [2.05, 4.69) is 41.8 Å². The Hall–Kier alpha value is -1.73. The molecule has 5 nitrogen and oxygen atoms in total. The summed E-state index contributed by atoms with van der Waals surface area (Å²) in [7, 11) is 1.90. The molecule has 0 fully saturated rings. The van der Waals surface area contributed by atoms with Crippen molar-refractivity contribution in [2.75, 3.05) is 0 Å². The minimum absolute atomic E-state index is 0.0681. The molecule has 2 heterocycles. The fraction of sp³-hybridized carbons (Fsp3) is 0.188. The van der Waals surface area contributed by atoms with Crippen molar-refractivity contribution >= 4 is 48.7 Å². The summed E-state index contributed by atoms with van der Waals surface area (Å²) in [5.74, 6) is -0.0535. The van der Waals surface area contributed by atoms with Crippen LogP contribution in [0.3, 0.4) is 0 Å². The topological polar surface area (TPSA) is 68.0 Å². The molecule has 23 heavy (non-hydrogen) atoms. The Labute approximate surface area is 149 Å². The first-order valence-electron chi connectivity index (χ1n) is 6.95. The second-order valence-corrected chi connectivity index (χ2v) is 6.82. The maximum Gasteiger partial charge on any atom is 0.195 e. The van der Waals surface area contributed by atoms with Gasteiger partial charge >= 0.3 is 0 Å². The van der Waals surface area contributed by atoms with Crippen molar-refractivity contribution < 1.29 is 9.90 Å². The summed E-state index contributed by atoms with van der Waals surface area (Å²) in [4.78, 5) is 21.4. The van der Waals surface area contributed by atoms with E-state index in [4.69, 9.17) is 0 Å². The smallest absolute Gasteiger partial charge is 0.195 e. The predicted molar refractivity (Wildman–Crippen MR) is 94.8 cm³/mol. The third kappa shape index (κ3) is 2.57. The van der Waals surface area contributed by atoms with Gasteiger partial charge in [-0.2, -0.15) is 0 Å². The first-order valence-corrected chi connectivity index (χ1v) is 8.54. The maximum absolute atomic E-state index is 13.1. The van der Waals surface area contributed by atoms with E-state index >= 15 is 0 Å². The van der Waals surface area contributed by atoms with Crippen LogP contribution in [0.25, 0.3) is 11.0 Å². The van der Waals surface area contributed by atoms with Crippen LogP contribution in [0, 0.1) is 0 Å². The number of hydrogen-bond acceptors (Lipinski definition) is 4. The minimum atomic E-state index is -0.122. The van der Waals surface area contributed by atoms with Crippen LogP contribution in [0.4, 0.5) is 0 Å². The molecular formula is C16H13Br2N3O2. The van der Waals surface area contributed by atoms with Crippen LogP contribution in [0.1, 0.15) is 28.5 Å². The number of fused-ring (bicyclic) bond motifs is 1. The third-order valence-corrected chi connectivity index (χ3v) is 5.02. The first kappa shape index (κ1) is 16.1. The number of aromatic hydroxyl groups is 1. The molecule has 0 amide bonds. The standard InChI is InChI=1S/C16H13Br2N3O2/c1-3-12-13(9-6-19-7-20-16(9)21(12)2)14(22)8-4-10(17)15(23)11(18)5-8/h4-7,23H,3H2,1-2H3. The quantitative estimate of drug-likeness (QED) is 0.627. The molecule has 1 aromatic carbocycles. The average Bonchev–Trinajstić information content (AvgIpc) is 2.84. The monoisotopic (exact) mass is 437 g/mol. The van der Waals surface area contributed by atoms with Crippen molar-refractivity contribution in [3.63, 3.8) is 0 Å². The lowest BCUT2D eigenvalue weighted by Crippen LogP contribution is -2.06. The Morgan fingerprint density at radius 1 is 1.30 bits per heavy atom. The number of carbonyl (C=O) groups excluding carboxylic acids is 1. The van der Waals surface area contributed by atoms with Gasteiger partial charge in [0.15, 0.2) is 5.78 Å². The molecule has 1 N–H and O–H groups in total. The summed E-state index contributed by atoms with van der Waals surface area (Å²) in [6.07, 6.45) is 3.84. The molecule has 0 bridgehead atoms. The molecule has 0 unspecified atom stereocenters. The van der Waals surface area contributed by atoms with Crippen molar-refractivity contribution in [1.82, 2.24) is 14.5 Å². The van der Waals surface area contributed by atoms with Gasteiger partial charge in [-0.3, -0.25) is 4.79 Å². The number of phenolic OH excluding ortho intramolecular Hbond substituents is 1. The Kier molecular flexibility index (Phi) is 4.25. The second-order valence-electron chi connectivity index (χ2n) is 5.11. The van der Waals surface area contributed by atoms with Crippen LogP contribution in [0.15, 0.2) is 33.6 Å². The summed E-state index contributed by atoms with van der Waals surface area (Å²) < 4.78 is 2.85. The molecule has 0 aliphatic carbocycles. The number of halogens is 2. The van der Waals surface area contributed by atoms with Crippen LogP contribution >= 0.6 is 31.9 Å². The molecule has 0 spiro atoms. The number of benzene rings is 1. The molecule has 3 rings (SSSR count). The van der Waals surface area contributed by atoms with E-state index in [1.54, 1.807) is 18.3 Å². The van der Waals surface area contributed by atoms with Gasteiger partial charge in [0.25, 0.3) is 0 Å². The van der Waals surface area contributed by atoms with E-state index in [0.717, 1.165) is 16.7 Å². The normalized spacial score (nSPS) is 11.1. The zero-order valence-corrected chi connectivity index (χ0v) is 15.6. The fourth-order valence-corrected chi connectivity index (χ4v) is 3.91. The van der Waals surface area contributed by atoms with E-state index in [0.29, 0.717) is 26.5 Å². The third-order valence-electron chi connectivity index (χ3n) is 3.81. The minimum Gasteiger partial charge on any atom is -0.506 e. The summed E-state index contributed by atoms with van der Waals surface area (Å²) >= 11 is 6.53. The highest BCUT2D eigenvalue weighted by Gasteiger charge is 2.23. The van der Waals surface area contributed by atoms with Gasteiger partial charge in [0.2, 0.25) is 0 Å². The van der Waals surface area contributed by atoms with Crippen molar-refractivity contribution in [3.05, 3.63) is 50.4 Å². The van der Waals surface area contributed by atoms with Gasteiger partial charge in [-0.15, -0.1) is 0 Å². The molecular weight excluding hydrogens is 426 g/mol. The van der Waals surface area contributed by atoms with Gasteiger partial charge in [0, 0.05) is 29.9 Å². The second kappa shape index (κ2) is 6.05. The zero-order valence-electron chi connectivity index (χ0n) is 12.5. The summed E-state index contributed by atoms with van der Waals surface area (Å²) in [5.41, 5.74) is 2.73. The fourth-order valence-electron chi connectivity index (χ4n) is 2.73. The molecule has 118 valence electrons. The highest BCUT2D eigenvalue weighted by Crippen LogP contribution is 2.35. The van der Waals surface area contributed by atoms with Crippen LogP contribution < -0.4 is 0 Å². The summed E-state index contributed by atoms with van der Waals surface area (Å²) in [6, 6.07) is 3.23. The Bertz CT molecular complexity index is 911. The van der Waals surface area contributed by atoms with E-state index < -0.39 is 0 Å². The van der Waals surface area contributed by atoms with Gasteiger partial charge in [-0.1, -0.05) is 6.92 Å². The van der Waals surface area contributed by atoms with Crippen LogP contribution in [0.2, 0.25) is 0 Å². The highest BCUT2D eigenvalue weighted by molar-refractivity contribution is 9.11. The Morgan fingerprint density at radius 3 is 2.57 bits per heavy atom. The number of phenols is 1. The molecule has 3 aromatic rings. The van der Waals surface area contributed by atoms with E-state index in [9.17, 15) is 9.90 Å². The highest BCUT2D eigenvalue weighted by atomic mass is 79.9. The molecule has 0 radical (unpaired) electrons. The lowest BCUT2D eigenvalue weighted by molar-refractivity contribution is 0.103. The predicted octanol–water partition coefficient (Wildman–Crippen LogP) is 3.99. The van der Waals surface area contributed by atoms with Crippen molar-refractivity contribution in [2.45, 2.75) is 13.3 Å². The lowest BCUT2D eigenvalue weighted by atomic mass is 10.0. The van der Waals surface area contributed by atoms with Crippen LogP contribution in [-0.4, -0.2) is 25.4 Å². The van der Waals surface area contributed by atoms with Gasteiger partial charge in [0.1, 0.15) is 17.7 Å². The lowest BCUT2D eigenvalue weighted by Gasteiger charge is -2.07. The molecule has 0 saturated carbocycles. The van der Waals surface area contributed by atoms with E-state index in [1.807, 2.05) is 18.5 Å². The maximum atomic E-state index is 13.1. The average molecular weight is 439 g/mol. The first-order chi connectivity index (χ1) is 11.0. The molecule has 0 aliphatic heterocycles. The van der Waals surface area contributed by atoms with Gasteiger partial charge in [-0.25, -0.2) is 9.97 Å². The van der Waals surface area contributed by atoms with Gasteiger partial charge in [-0.05, 0) is 50.4 Å². The van der Waals surface area contributed by atoms with Crippen LogP contribution in [0.5, 0.6) is 5.75 Å². The summed E-state index contributed by atoms with van der Waals surface area (Å²) in [5, 5.41) is 10.6. The van der Waals surface area contributed by atoms with E-state index in [1.165, 1.54) is 6.33 Å². The van der Waals surface area contributed by atoms with Crippen molar-refractivity contribution in [3.8, 4) is 5.75 Å². The largest absolute Gasteiger partial charge is 0.506 e. The Morgan fingerprint density at radius 2 is 1.96 bits per heavy atom. The number of hydrogen-bond donors (Lipinski definition) is 1. The molecule has 0 saturated heterocycles. The Balaban J connectivity index is 2.26. The molecule has 0 aliphatic rings.